The molecule has 1 aliphatic rings. The number of fused-ring (bicyclic) bond motifs is 1. The Hall–Kier alpha value is -2.36. The molecule has 0 saturated carbocycles. The number of halogens is 1. The summed E-state index contributed by atoms with van der Waals surface area (Å²) in [7, 11) is 0. The van der Waals surface area contributed by atoms with E-state index in [9.17, 15) is 4.39 Å². The highest BCUT2D eigenvalue weighted by atomic mass is 19.1. The molecule has 21 heavy (non-hydrogen) atoms. The van der Waals surface area contributed by atoms with Crippen LogP contribution in [0.4, 0.5) is 4.39 Å². The number of hydrogen-bond donors (Lipinski definition) is 2. The fourth-order valence-electron chi connectivity index (χ4n) is 2.85. The summed E-state index contributed by atoms with van der Waals surface area (Å²) < 4.78 is 19.8. The molecular formula is C17H17FN2O. The zero-order valence-electron chi connectivity index (χ0n) is 11.6. The van der Waals surface area contributed by atoms with E-state index >= 15 is 0 Å². The Kier molecular flexibility index (Phi) is 3.60. The maximum absolute atomic E-state index is 13.9. The van der Waals surface area contributed by atoms with Crippen molar-refractivity contribution in [1.82, 2.24) is 0 Å². The van der Waals surface area contributed by atoms with Crippen molar-refractivity contribution in [3.63, 3.8) is 0 Å². The lowest BCUT2D eigenvalue weighted by Gasteiger charge is -2.27. The average Bonchev–Trinajstić information content (AvgIpc) is 2.47. The molecule has 0 fully saturated rings. The van der Waals surface area contributed by atoms with Gasteiger partial charge >= 0.3 is 0 Å². The fourth-order valence-corrected chi connectivity index (χ4v) is 2.85. The third kappa shape index (κ3) is 2.61. The predicted octanol–water partition coefficient (Wildman–Crippen LogP) is 3.57. The van der Waals surface area contributed by atoms with E-state index in [0.717, 1.165) is 24.8 Å². The molecule has 0 heterocycles. The summed E-state index contributed by atoms with van der Waals surface area (Å²) in [6.45, 7) is 0. The summed E-state index contributed by atoms with van der Waals surface area (Å²) in [5.74, 6) is -0.500. The number of amidine groups is 1. The zero-order valence-corrected chi connectivity index (χ0v) is 11.6. The van der Waals surface area contributed by atoms with Gasteiger partial charge in [0.25, 0.3) is 0 Å². The Bertz CT molecular complexity index is 684. The van der Waals surface area contributed by atoms with Crippen molar-refractivity contribution in [2.75, 3.05) is 0 Å². The molecule has 1 atom stereocenters. The molecule has 108 valence electrons. The Morgan fingerprint density at radius 2 is 2.00 bits per heavy atom. The minimum atomic E-state index is -0.524. The SMILES string of the molecule is N=C(N)c1c(F)cccc1OC1CCCc2ccccc21. The number of nitrogens with one attached hydrogen (secondary N) is 1. The van der Waals surface area contributed by atoms with Crippen LogP contribution in [0.25, 0.3) is 0 Å². The van der Waals surface area contributed by atoms with Crippen LogP contribution in [0.2, 0.25) is 0 Å². The van der Waals surface area contributed by atoms with Gasteiger partial charge in [-0.05, 0) is 42.5 Å². The summed E-state index contributed by atoms with van der Waals surface area (Å²) in [5.41, 5.74) is 7.93. The minimum absolute atomic E-state index is 0.0422. The van der Waals surface area contributed by atoms with E-state index in [2.05, 4.69) is 6.07 Å². The molecule has 4 heteroatoms. The molecule has 2 aromatic rings. The molecule has 3 rings (SSSR count). The Balaban J connectivity index is 1.96. The van der Waals surface area contributed by atoms with Crippen LogP contribution in [0, 0.1) is 11.2 Å². The fraction of sp³-hybridized carbons (Fsp3) is 0.235. The van der Waals surface area contributed by atoms with Crippen molar-refractivity contribution in [2.45, 2.75) is 25.4 Å². The van der Waals surface area contributed by atoms with Crippen molar-refractivity contribution >= 4 is 5.84 Å². The first kappa shape index (κ1) is 13.6. The quantitative estimate of drug-likeness (QED) is 0.668. The Morgan fingerprint density at radius 1 is 1.19 bits per heavy atom. The maximum Gasteiger partial charge on any atom is 0.137 e. The summed E-state index contributed by atoms with van der Waals surface area (Å²) in [4.78, 5) is 0. The lowest BCUT2D eigenvalue weighted by atomic mass is 9.89. The van der Waals surface area contributed by atoms with Crippen LogP contribution < -0.4 is 10.5 Å². The first-order valence-electron chi connectivity index (χ1n) is 7.04. The molecule has 3 N–H and O–H groups in total. The number of ether oxygens (including phenoxy) is 1. The minimum Gasteiger partial charge on any atom is -0.485 e. The first-order valence-corrected chi connectivity index (χ1v) is 7.04. The number of nitrogens with two attached hydrogens (primary N) is 1. The van der Waals surface area contributed by atoms with Crippen LogP contribution in [-0.2, 0) is 6.42 Å². The molecule has 0 radical (unpaired) electrons. The molecule has 0 spiro atoms. The summed E-state index contributed by atoms with van der Waals surface area (Å²) >= 11 is 0. The maximum atomic E-state index is 13.9. The second-order valence-corrected chi connectivity index (χ2v) is 5.22. The monoisotopic (exact) mass is 284 g/mol. The molecule has 2 aromatic carbocycles. The van der Waals surface area contributed by atoms with Gasteiger partial charge in [0.1, 0.15) is 23.5 Å². The van der Waals surface area contributed by atoms with E-state index in [0.29, 0.717) is 5.75 Å². The molecule has 0 aliphatic heterocycles. The van der Waals surface area contributed by atoms with Crippen molar-refractivity contribution < 1.29 is 9.13 Å². The molecule has 0 saturated heterocycles. The number of benzene rings is 2. The van der Waals surface area contributed by atoms with Gasteiger partial charge in [-0.1, -0.05) is 30.3 Å². The van der Waals surface area contributed by atoms with E-state index in [1.807, 2.05) is 18.2 Å². The Labute approximate surface area is 123 Å². The van der Waals surface area contributed by atoms with Crippen molar-refractivity contribution in [3.8, 4) is 5.75 Å². The average molecular weight is 284 g/mol. The van der Waals surface area contributed by atoms with Crippen LogP contribution in [0.5, 0.6) is 5.75 Å². The third-order valence-electron chi connectivity index (χ3n) is 3.83. The molecule has 0 bridgehead atoms. The summed E-state index contributed by atoms with van der Waals surface area (Å²) in [5, 5.41) is 7.54. The van der Waals surface area contributed by atoms with Gasteiger partial charge in [-0.2, -0.15) is 0 Å². The zero-order chi connectivity index (χ0) is 14.8. The Morgan fingerprint density at radius 3 is 2.81 bits per heavy atom. The summed E-state index contributed by atoms with van der Waals surface area (Å²) in [6, 6.07) is 12.7. The van der Waals surface area contributed by atoms with Gasteiger partial charge in [0.2, 0.25) is 0 Å². The van der Waals surface area contributed by atoms with Gasteiger partial charge in [0.05, 0.1) is 5.56 Å². The second kappa shape index (κ2) is 5.56. The lowest BCUT2D eigenvalue weighted by molar-refractivity contribution is 0.182. The van der Waals surface area contributed by atoms with Gasteiger partial charge in [-0.15, -0.1) is 0 Å². The number of nitrogen functional groups attached to an aromatic ring is 1. The number of rotatable bonds is 3. The van der Waals surface area contributed by atoms with E-state index in [-0.39, 0.29) is 17.5 Å². The van der Waals surface area contributed by atoms with Crippen molar-refractivity contribution in [2.24, 2.45) is 5.73 Å². The molecule has 3 nitrogen and oxygen atoms in total. The highest BCUT2D eigenvalue weighted by Crippen LogP contribution is 2.35. The largest absolute Gasteiger partial charge is 0.485 e. The molecule has 0 amide bonds. The van der Waals surface area contributed by atoms with Crippen molar-refractivity contribution in [1.29, 1.82) is 5.41 Å². The third-order valence-corrected chi connectivity index (χ3v) is 3.83. The number of aryl methyl sites for hydroxylation is 1. The van der Waals surface area contributed by atoms with Crippen LogP contribution >= 0.6 is 0 Å². The van der Waals surface area contributed by atoms with E-state index in [1.54, 1.807) is 12.1 Å². The van der Waals surface area contributed by atoms with E-state index < -0.39 is 5.82 Å². The normalized spacial score (nSPS) is 17.1. The van der Waals surface area contributed by atoms with Crippen molar-refractivity contribution in [3.05, 3.63) is 65.0 Å². The predicted molar refractivity (Wildman–Crippen MR) is 80.2 cm³/mol. The van der Waals surface area contributed by atoms with E-state index in [4.69, 9.17) is 15.9 Å². The van der Waals surface area contributed by atoms with Gasteiger partial charge in [-0.3, -0.25) is 5.41 Å². The van der Waals surface area contributed by atoms with Gasteiger partial charge < -0.3 is 10.5 Å². The van der Waals surface area contributed by atoms with Gasteiger partial charge in [0.15, 0.2) is 0 Å². The van der Waals surface area contributed by atoms with Gasteiger partial charge in [-0.25, -0.2) is 4.39 Å². The second-order valence-electron chi connectivity index (χ2n) is 5.22. The highest BCUT2D eigenvalue weighted by molar-refractivity contribution is 5.97. The van der Waals surface area contributed by atoms with Crippen LogP contribution in [-0.4, -0.2) is 5.84 Å². The molecule has 1 unspecified atom stereocenters. The van der Waals surface area contributed by atoms with Crippen LogP contribution in [0.3, 0.4) is 0 Å². The molecule has 1 aliphatic carbocycles. The van der Waals surface area contributed by atoms with Gasteiger partial charge in [0, 0.05) is 0 Å². The van der Waals surface area contributed by atoms with Crippen LogP contribution in [0.1, 0.15) is 35.6 Å². The molecular weight excluding hydrogens is 267 g/mol. The topological polar surface area (TPSA) is 59.1 Å². The standard InChI is InChI=1S/C17H17FN2O/c18-13-8-4-10-15(16(13)17(19)20)21-14-9-3-6-11-5-1-2-7-12(11)14/h1-2,4-5,7-8,10,14H,3,6,9H2,(H3,19,20). The number of hydrogen-bond acceptors (Lipinski definition) is 2. The van der Waals surface area contributed by atoms with E-state index in [1.165, 1.54) is 11.6 Å². The first-order chi connectivity index (χ1) is 10.2. The smallest absolute Gasteiger partial charge is 0.137 e. The lowest BCUT2D eigenvalue weighted by Crippen LogP contribution is -2.19. The highest BCUT2D eigenvalue weighted by Gasteiger charge is 2.23. The summed E-state index contributed by atoms with van der Waals surface area (Å²) in [6.07, 6.45) is 2.84. The van der Waals surface area contributed by atoms with Crippen LogP contribution in [0.15, 0.2) is 42.5 Å². The molecule has 0 aromatic heterocycles.